The highest BCUT2D eigenvalue weighted by molar-refractivity contribution is 5.83. The summed E-state index contributed by atoms with van der Waals surface area (Å²) in [5.41, 5.74) is 2.00. The number of ether oxygens (including phenoxy) is 1. The second-order valence-corrected chi connectivity index (χ2v) is 5.98. The molecule has 7 heteroatoms. The summed E-state index contributed by atoms with van der Waals surface area (Å²) in [6.45, 7) is 4.53. The van der Waals surface area contributed by atoms with E-state index >= 15 is 0 Å². The van der Waals surface area contributed by atoms with Crippen LogP contribution in [0.5, 0.6) is 5.75 Å². The van der Waals surface area contributed by atoms with E-state index in [0.717, 1.165) is 41.1 Å². The summed E-state index contributed by atoms with van der Waals surface area (Å²) in [7, 11) is 0. The van der Waals surface area contributed by atoms with Gasteiger partial charge in [-0.3, -0.25) is 9.98 Å². The highest BCUT2D eigenvalue weighted by Crippen LogP contribution is 2.19. The van der Waals surface area contributed by atoms with E-state index in [1.54, 1.807) is 24.5 Å². The predicted octanol–water partition coefficient (Wildman–Crippen LogP) is 2.88. The number of benzene rings is 1. The number of hydrogen-bond acceptors (Lipinski definition) is 3. The number of nitrogens with zero attached hydrogens (tertiary/aromatic N) is 2. The predicted molar refractivity (Wildman–Crippen MR) is 106 cm³/mol. The van der Waals surface area contributed by atoms with Gasteiger partial charge < -0.3 is 20.4 Å². The van der Waals surface area contributed by atoms with Gasteiger partial charge in [0.2, 0.25) is 0 Å². The van der Waals surface area contributed by atoms with Crippen molar-refractivity contribution in [1.29, 1.82) is 0 Å². The molecule has 0 aliphatic rings. The van der Waals surface area contributed by atoms with Gasteiger partial charge in [-0.25, -0.2) is 4.39 Å². The fourth-order valence-corrected chi connectivity index (χ4v) is 2.76. The second-order valence-electron chi connectivity index (χ2n) is 5.98. The van der Waals surface area contributed by atoms with Crippen molar-refractivity contribution in [3.63, 3.8) is 0 Å². The molecule has 3 rings (SSSR count). The zero-order valence-corrected chi connectivity index (χ0v) is 15.3. The fraction of sp³-hybridized carbons (Fsp3) is 0.300. The van der Waals surface area contributed by atoms with E-state index in [1.807, 2.05) is 25.3 Å². The van der Waals surface area contributed by atoms with Crippen LogP contribution in [-0.2, 0) is 6.42 Å². The van der Waals surface area contributed by atoms with E-state index in [0.29, 0.717) is 19.7 Å². The third kappa shape index (κ3) is 5.44. The molecule has 0 unspecified atom stereocenters. The lowest BCUT2D eigenvalue weighted by molar-refractivity contribution is 0.320. The number of rotatable bonds is 8. The van der Waals surface area contributed by atoms with Crippen LogP contribution in [0.4, 0.5) is 4.39 Å². The number of halogens is 1. The first kappa shape index (κ1) is 18.7. The molecular weight excluding hydrogens is 345 g/mol. The van der Waals surface area contributed by atoms with E-state index in [4.69, 9.17) is 4.74 Å². The molecule has 1 aromatic carbocycles. The number of guanidine groups is 1. The fourth-order valence-electron chi connectivity index (χ4n) is 2.76. The second kappa shape index (κ2) is 9.56. The Morgan fingerprint density at radius 3 is 3.04 bits per heavy atom. The standard InChI is InChI=1S/C20H24FN5O/c1-2-23-20(25-10-11-27-17-4-3-8-22-14-17)24-9-7-15-13-26-19-6-5-16(21)12-18(15)19/h3-6,8,12-14,26H,2,7,9-11H2,1H3,(H2,23,24,25). The number of H-pyrrole nitrogens is 1. The Labute approximate surface area is 157 Å². The number of aliphatic imine (C=N–C) groups is 1. The van der Waals surface area contributed by atoms with Crippen molar-refractivity contribution in [2.45, 2.75) is 13.3 Å². The minimum atomic E-state index is -0.226. The van der Waals surface area contributed by atoms with Crippen molar-refractivity contribution < 1.29 is 9.13 Å². The average molecular weight is 369 g/mol. The van der Waals surface area contributed by atoms with Crippen LogP contribution < -0.4 is 15.4 Å². The lowest BCUT2D eigenvalue weighted by Gasteiger charge is -2.12. The zero-order chi connectivity index (χ0) is 18.9. The summed E-state index contributed by atoms with van der Waals surface area (Å²) in [4.78, 5) is 11.8. The Morgan fingerprint density at radius 2 is 2.22 bits per heavy atom. The Morgan fingerprint density at radius 1 is 1.30 bits per heavy atom. The topological polar surface area (TPSA) is 74.3 Å². The normalized spacial score (nSPS) is 11.6. The first-order valence-corrected chi connectivity index (χ1v) is 9.07. The first-order valence-electron chi connectivity index (χ1n) is 9.07. The van der Waals surface area contributed by atoms with Crippen molar-refractivity contribution in [3.8, 4) is 5.75 Å². The van der Waals surface area contributed by atoms with Crippen LogP contribution in [0.3, 0.4) is 0 Å². The minimum Gasteiger partial charge on any atom is -0.490 e. The highest BCUT2D eigenvalue weighted by Gasteiger charge is 2.05. The van der Waals surface area contributed by atoms with Crippen molar-refractivity contribution >= 4 is 16.9 Å². The summed E-state index contributed by atoms with van der Waals surface area (Å²) >= 11 is 0. The SMILES string of the molecule is CCNC(=NCCc1c[nH]c2ccc(F)cc12)NCCOc1cccnc1. The summed E-state index contributed by atoms with van der Waals surface area (Å²) in [5.74, 6) is 1.25. The molecular formula is C20H24FN5O. The number of nitrogens with one attached hydrogen (secondary N) is 3. The molecule has 0 atom stereocenters. The van der Waals surface area contributed by atoms with Gasteiger partial charge in [0.25, 0.3) is 0 Å². The zero-order valence-electron chi connectivity index (χ0n) is 15.3. The van der Waals surface area contributed by atoms with E-state index in [-0.39, 0.29) is 5.82 Å². The Kier molecular flexibility index (Phi) is 6.62. The third-order valence-corrected chi connectivity index (χ3v) is 4.02. The monoisotopic (exact) mass is 369 g/mol. The summed E-state index contributed by atoms with van der Waals surface area (Å²) in [6.07, 6.45) is 6.04. The molecule has 0 aliphatic heterocycles. The smallest absolute Gasteiger partial charge is 0.191 e. The quantitative estimate of drug-likeness (QED) is 0.324. The van der Waals surface area contributed by atoms with Gasteiger partial charge in [-0.05, 0) is 49.2 Å². The van der Waals surface area contributed by atoms with Gasteiger partial charge in [0.1, 0.15) is 18.2 Å². The molecule has 2 heterocycles. The third-order valence-electron chi connectivity index (χ3n) is 4.02. The highest BCUT2D eigenvalue weighted by atomic mass is 19.1. The van der Waals surface area contributed by atoms with Crippen LogP contribution in [-0.4, -0.2) is 42.2 Å². The van der Waals surface area contributed by atoms with Gasteiger partial charge in [0.15, 0.2) is 5.96 Å². The van der Waals surface area contributed by atoms with Crippen LogP contribution in [0.25, 0.3) is 10.9 Å². The van der Waals surface area contributed by atoms with Crippen LogP contribution in [0.2, 0.25) is 0 Å². The molecule has 0 fully saturated rings. The molecule has 3 aromatic rings. The maximum Gasteiger partial charge on any atom is 0.191 e. The molecule has 0 aliphatic carbocycles. The molecule has 0 saturated carbocycles. The van der Waals surface area contributed by atoms with Crippen LogP contribution in [0.15, 0.2) is 53.9 Å². The summed E-state index contributed by atoms with van der Waals surface area (Å²) in [5, 5.41) is 7.36. The molecule has 0 spiro atoms. The molecule has 0 radical (unpaired) electrons. The van der Waals surface area contributed by atoms with E-state index in [2.05, 4.69) is 25.6 Å². The number of fused-ring (bicyclic) bond motifs is 1. The van der Waals surface area contributed by atoms with E-state index in [9.17, 15) is 4.39 Å². The van der Waals surface area contributed by atoms with Gasteiger partial charge in [0, 0.05) is 36.4 Å². The maximum absolute atomic E-state index is 13.5. The summed E-state index contributed by atoms with van der Waals surface area (Å²) < 4.78 is 19.1. The maximum atomic E-state index is 13.5. The number of aromatic amines is 1. The van der Waals surface area contributed by atoms with Gasteiger partial charge in [0.05, 0.1) is 12.7 Å². The molecule has 0 amide bonds. The van der Waals surface area contributed by atoms with Gasteiger partial charge in [-0.15, -0.1) is 0 Å². The van der Waals surface area contributed by atoms with Gasteiger partial charge >= 0.3 is 0 Å². The average Bonchev–Trinajstić information content (AvgIpc) is 3.08. The Balaban J connectivity index is 1.50. The lowest BCUT2D eigenvalue weighted by atomic mass is 10.1. The van der Waals surface area contributed by atoms with Crippen molar-refractivity contribution in [2.24, 2.45) is 4.99 Å². The molecule has 27 heavy (non-hydrogen) atoms. The summed E-state index contributed by atoms with van der Waals surface area (Å²) in [6, 6.07) is 8.48. The number of aromatic nitrogens is 2. The lowest BCUT2D eigenvalue weighted by Crippen LogP contribution is -2.39. The van der Waals surface area contributed by atoms with Crippen molar-refractivity contribution in [3.05, 3.63) is 60.3 Å². The number of hydrogen-bond donors (Lipinski definition) is 3. The molecule has 3 N–H and O–H groups in total. The Hall–Kier alpha value is -3.09. The van der Waals surface area contributed by atoms with Crippen molar-refractivity contribution in [2.75, 3.05) is 26.2 Å². The van der Waals surface area contributed by atoms with E-state index in [1.165, 1.54) is 6.07 Å². The van der Waals surface area contributed by atoms with Crippen LogP contribution in [0, 0.1) is 5.82 Å². The van der Waals surface area contributed by atoms with Crippen LogP contribution >= 0.6 is 0 Å². The van der Waals surface area contributed by atoms with E-state index < -0.39 is 0 Å². The van der Waals surface area contributed by atoms with Crippen molar-refractivity contribution in [1.82, 2.24) is 20.6 Å². The van der Waals surface area contributed by atoms with Crippen LogP contribution in [0.1, 0.15) is 12.5 Å². The molecule has 0 bridgehead atoms. The largest absolute Gasteiger partial charge is 0.490 e. The Bertz CT molecular complexity index is 878. The number of pyridine rings is 1. The minimum absolute atomic E-state index is 0.226. The molecule has 142 valence electrons. The molecule has 2 aromatic heterocycles. The van der Waals surface area contributed by atoms with Gasteiger partial charge in [-0.1, -0.05) is 0 Å². The molecule has 0 saturated heterocycles. The molecule has 6 nitrogen and oxygen atoms in total. The first-order chi connectivity index (χ1) is 13.3. The van der Waals surface area contributed by atoms with Gasteiger partial charge in [-0.2, -0.15) is 0 Å².